The van der Waals surface area contributed by atoms with Gasteiger partial charge in [-0.3, -0.25) is 9.78 Å². The lowest BCUT2D eigenvalue weighted by molar-refractivity contribution is -0.146. The van der Waals surface area contributed by atoms with Gasteiger partial charge in [-0.1, -0.05) is 0 Å². The van der Waals surface area contributed by atoms with E-state index < -0.39 is 17.8 Å². The van der Waals surface area contributed by atoms with E-state index in [4.69, 9.17) is 4.74 Å². The summed E-state index contributed by atoms with van der Waals surface area (Å²) < 4.78 is 61.7. The Morgan fingerprint density at radius 1 is 0.949 bits per heavy atom. The van der Waals surface area contributed by atoms with Crippen LogP contribution >= 0.6 is 12.4 Å². The van der Waals surface area contributed by atoms with Crippen molar-refractivity contribution in [3.05, 3.63) is 29.6 Å². The number of methoxy groups -OCH3 is 2. The molecule has 0 amide bonds. The Morgan fingerprint density at radius 3 is 2.10 bits per heavy atom. The van der Waals surface area contributed by atoms with E-state index in [2.05, 4.69) is 15.0 Å². The number of alkyl halides is 4. The molecule has 2 saturated carbocycles. The van der Waals surface area contributed by atoms with Gasteiger partial charge in [0.1, 0.15) is 0 Å². The van der Waals surface area contributed by atoms with Crippen LogP contribution in [0.25, 0.3) is 0 Å². The van der Waals surface area contributed by atoms with Crippen LogP contribution in [0.4, 0.5) is 17.6 Å². The van der Waals surface area contributed by atoms with Gasteiger partial charge in [-0.15, -0.1) is 12.4 Å². The summed E-state index contributed by atoms with van der Waals surface area (Å²) in [4.78, 5) is 27.1. The molecule has 3 aliphatic rings. The minimum Gasteiger partial charge on any atom is -0.469 e. The predicted octanol–water partition coefficient (Wildman–Crippen LogP) is 6.40. The summed E-state index contributed by atoms with van der Waals surface area (Å²) in [5.74, 6) is -4.93. The molecule has 2 aliphatic carbocycles. The lowest BCUT2D eigenvalue weighted by atomic mass is 9.80. The molecule has 0 aromatic carbocycles. The number of aromatic nitrogens is 1. The largest absolute Gasteiger partial charge is 0.469 e. The Labute approximate surface area is 234 Å². The van der Waals surface area contributed by atoms with Crippen LogP contribution in [0.3, 0.4) is 0 Å². The maximum atomic E-state index is 13.1. The predicted molar refractivity (Wildman–Crippen MR) is 141 cm³/mol. The van der Waals surface area contributed by atoms with Gasteiger partial charge in [0.15, 0.2) is 0 Å². The van der Waals surface area contributed by atoms with Crippen molar-refractivity contribution in [1.82, 2.24) is 10.3 Å². The van der Waals surface area contributed by atoms with Gasteiger partial charge in [-0.2, -0.15) is 0 Å². The van der Waals surface area contributed by atoms with Crippen molar-refractivity contribution < 1.29 is 36.6 Å². The normalized spacial score (nSPS) is 24.9. The van der Waals surface area contributed by atoms with Crippen molar-refractivity contribution in [2.45, 2.75) is 94.9 Å². The molecule has 39 heavy (non-hydrogen) atoms. The van der Waals surface area contributed by atoms with E-state index in [1.54, 1.807) is 18.3 Å². The SMILES string of the molecule is COC(=O)C1CCNC(CC2CCC(F)(F)CC2)C1.COC(=O)c1ccnc(CC2CCC(F)(F)CC2)c1.Cl. The van der Waals surface area contributed by atoms with Gasteiger partial charge in [-0.25, -0.2) is 22.4 Å². The molecule has 2 atom stereocenters. The molecule has 0 bridgehead atoms. The second kappa shape index (κ2) is 15.2. The Balaban J connectivity index is 0.000000267. The summed E-state index contributed by atoms with van der Waals surface area (Å²) in [6, 6.07) is 3.54. The van der Waals surface area contributed by atoms with Gasteiger partial charge < -0.3 is 14.8 Å². The van der Waals surface area contributed by atoms with Gasteiger partial charge in [0.2, 0.25) is 11.8 Å². The molecule has 222 valence electrons. The van der Waals surface area contributed by atoms with Gasteiger partial charge in [0, 0.05) is 43.6 Å². The second-order valence-electron chi connectivity index (χ2n) is 11.0. The van der Waals surface area contributed by atoms with E-state index in [-0.39, 0.29) is 61.9 Å². The first-order valence-corrected chi connectivity index (χ1v) is 13.6. The smallest absolute Gasteiger partial charge is 0.337 e. The number of piperidine rings is 1. The average Bonchev–Trinajstić information content (AvgIpc) is 2.91. The Bertz CT molecular complexity index is 917. The van der Waals surface area contributed by atoms with Crippen LogP contribution in [0.5, 0.6) is 0 Å². The second-order valence-corrected chi connectivity index (χ2v) is 11.0. The maximum Gasteiger partial charge on any atom is 0.337 e. The molecule has 1 aromatic rings. The van der Waals surface area contributed by atoms with Crippen molar-refractivity contribution in [2.24, 2.45) is 17.8 Å². The summed E-state index contributed by atoms with van der Waals surface area (Å²) >= 11 is 0. The number of carbonyl (C=O) groups excluding carboxylic acids is 2. The van der Waals surface area contributed by atoms with Crippen LogP contribution in [0, 0.1) is 17.8 Å². The molecule has 2 heterocycles. The van der Waals surface area contributed by atoms with Gasteiger partial charge in [0.25, 0.3) is 0 Å². The number of rotatable bonds is 6. The first-order valence-electron chi connectivity index (χ1n) is 13.6. The number of pyridine rings is 1. The van der Waals surface area contributed by atoms with E-state index in [9.17, 15) is 27.2 Å². The molecule has 2 unspecified atom stereocenters. The van der Waals surface area contributed by atoms with Crippen molar-refractivity contribution in [3.8, 4) is 0 Å². The lowest BCUT2D eigenvalue weighted by Gasteiger charge is -2.34. The minimum absolute atomic E-state index is 0. The van der Waals surface area contributed by atoms with Gasteiger partial charge >= 0.3 is 11.9 Å². The summed E-state index contributed by atoms with van der Waals surface area (Å²) in [5.41, 5.74) is 1.21. The van der Waals surface area contributed by atoms with Crippen molar-refractivity contribution in [2.75, 3.05) is 20.8 Å². The fraction of sp³-hybridized carbons (Fsp3) is 0.750. The number of nitrogens with zero attached hydrogens (tertiary/aromatic N) is 1. The maximum absolute atomic E-state index is 13.1. The van der Waals surface area contributed by atoms with Crippen molar-refractivity contribution >= 4 is 24.3 Å². The molecule has 1 aliphatic heterocycles. The molecule has 1 N–H and O–H groups in total. The number of nitrogens with one attached hydrogen (secondary N) is 1. The molecule has 1 aromatic heterocycles. The average molecular weight is 581 g/mol. The molecule has 6 nitrogen and oxygen atoms in total. The number of carbonyl (C=O) groups is 2. The monoisotopic (exact) mass is 580 g/mol. The van der Waals surface area contributed by atoms with Crippen LogP contribution in [0.2, 0.25) is 0 Å². The third-order valence-electron chi connectivity index (χ3n) is 8.06. The number of hydrogen-bond acceptors (Lipinski definition) is 6. The number of hydrogen-bond donors (Lipinski definition) is 1. The van der Waals surface area contributed by atoms with Crippen LogP contribution in [0.1, 0.15) is 86.7 Å². The highest BCUT2D eigenvalue weighted by Crippen LogP contribution is 2.39. The molecule has 11 heteroatoms. The summed E-state index contributed by atoms with van der Waals surface area (Å²) in [6.45, 7) is 0.813. The van der Waals surface area contributed by atoms with E-state index in [0.29, 0.717) is 43.6 Å². The van der Waals surface area contributed by atoms with Crippen molar-refractivity contribution in [1.29, 1.82) is 0 Å². The Hall–Kier alpha value is -1.94. The molecular weight excluding hydrogens is 540 g/mol. The molecular formula is C28H41ClF4N2O4. The third-order valence-corrected chi connectivity index (χ3v) is 8.06. The van der Waals surface area contributed by atoms with E-state index in [1.165, 1.54) is 14.2 Å². The Morgan fingerprint density at radius 2 is 1.54 bits per heavy atom. The molecule has 0 radical (unpaired) electrons. The van der Waals surface area contributed by atoms with Crippen LogP contribution in [-0.4, -0.2) is 55.6 Å². The zero-order valence-electron chi connectivity index (χ0n) is 22.7. The molecule has 3 fully saturated rings. The zero-order chi connectivity index (χ0) is 27.8. The fourth-order valence-electron chi connectivity index (χ4n) is 5.74. The lowest BCUT2D eigenvalue weighted by Crippen LogP contribution is -2.42. The zero-order valence-corrected chi connectivity index (χ0v) is 23.6. The first-order chi connectivity index (χ1) is 18.0. The van der Waals surface area contributed by atoms with Gasteiger partial charge in [0.05, 0.1) is 25.7 Å². The highest BCUT2D eigenvalue weighted by molar-refractivity contribution is 5.89. The molecule has 1 saturated heterocycles. The number of esters is 2. The molecule has 0 spiro atoms. The van der Waals surface area contributed by atoms with E-state index >= 15 is 0 Å². The topological polar surface area (TPSA) is 77.5 Å². The van der Waals surface area contributed by atoms with Crippen LogP contribution in [-0.2, 0) is 20.7 Å². The number of halogens is 5. The van der Waals surface area contributed by atoms with Gasteiger partial charge in [-0.05, 0) is 81.9 Å². The summed E-state index contributed by atoms with van der Waals surface area (Å²) in [7, 11) is 2.74. The standard InChI is InChI=1S/C14H23F2NO2.C14H17F2NO2.ClH/c2*1-19-13(18)11-4-7-17-12(9-11)8-10-2-5-14(15,16)6-3-10;/h10-12,17H,2-9H2,1H3;4,7,9-10H,2-3,5-6,8H2,1H3;1H. The first kappa shape index (κ1) is 33.3. The van der Waals surface area contributed by atoms with Crippen LogP contribution < -0.4 is 5.32 Å². The third kappa shape index (κ3) is 10.9. The highest BCUT2D eigenvalue weighted by Gasteiger charge is 2.37. The summed E-state index contributed by atoms with van der Waals surface area (Å²) in [5, 5.41) is 3.40. The highest BCUT2D eigenvalue weighted by atomic mass is 35.5. The van der Waals surface area contributed by atoms with E-state index in [0.717, 1.165) is 31.5 Å². The minimum atomic E-state index is -2.50. The fourth-order valence-corrected chi connectivity index (χ4v) is 5.74. The van der Waals surface area contributed by atoms with Crippen LogP contribution in [0.15, 0.2) is 18.3 Å². The quantitative estimate of drug-likeness (QED) is 0.310. The van der Waals surface area contributed by atoms with Crippen molar-refractivity contribution in [3.63, 3.8) is 0 Å². The molecule has 4 rings (SSSR count). The Kier molecular flexibility index (Phi) is 12.9. The summed E-state index contributed by atoms with van der Waals surface area (Å²) in [6.07, 6.45) is 6.86. The van der Waals surface area contributed by atoms with E-state index in [1.807, 2.05) is 0 Å². The number of ether oxygens (including phenoxy) is 2.